The Morgan fingerprint density at radius 3 is 1.43 bits per heavy atom. The van der Waals surface area contributed by atoms with Crippen molar-refractivity contribution in [1.82, 2.24) is 0 Å². The molecule has 0 saturated carbocycles. The first kappa shape index (κ1) is 12.3. The lowest BCUT2D eigenvalue weighted by Gasteiger charge is -2.67. The first-order valence-electron chi connectivity index (χ1n) is 5.51. The van der Waals surface area contributed by atoms with Gasteiger partial charge in [0.15, 0.2) is 0 Å². The largest absolute Gasteiger partial charge is 0.322 e. The molecule has 1 saturated heterocycles. The van der Waals surface area contributed by atoms with E-state index in [9.17, 15) is 4.57 Å². The zero-order valence-corrected chi connectivity index (χ0v) is 11.8. The van der Waals surface area contributed by atoms with Crippen LogP contribution in [0.3, 0.4) is 0 Å². The number of hydrogen-bond donors (Lipinski definition) is 0. The van der Waals surface area contributed by atoms with Crippen LogP contribution in [0.5, 0.6) is 0 Å². The van der Waals surface area contributed by atoms with Gasteiger partial charge in [-0.3, -0.25) is 0 Å². The van der Waals surface area contributed by atoms with Crippen molar-refractivity contribution in [3.05, 3.63) is 0 Å². The second-order valence-electron chi connectivity index (χ2n) is 6.81. The molecule has 0 atom stereocenters. The van der Waals surface area contributed by atoms with Crippen LogP contribution in [0.25, 0.3) is 0 Å². The summed E-state index contributed by atoms with van der Waals surface area (Å²) in [7, 11) is -2.14. The summed E-state index contributed by atoms with van der Waals surface area (Å²) in [5.74, 6) is 0.542. The Bertz CT molecular complexity index is 274. The molecule has 1 nitrogen and oxygen atoms in total. The Morgan fingerprint density at radius 1 is 1.00 bits per heavy atom. The van der Waals surface area contributed by atoms with Gasteiger partial charge in [-0.25, -0.2) is 0 Å². The zero-order chi connectivity index (χ0) is 11.6. The number of hydrogen-bond acceptors (Lipinski definition) is 1. The molecule has 0 aromatic heterocycles. The topological polar surface area (TPSA) is 17.1 Å². The van der Waals surface area contributed by atoms with E-state index < -0.39 is 7.14 Å². The molecule has 14 heavy (non-hydrogen) atoms. The minimum absolute atomic E-state index is 0.00868. The molecule has 0 aromatic rings. The average molecular weight is 216 g/mol. The van der Waals surface area contributed by atoms with Gasteiger partial charge in [-0.2, -0.15) is 0 Å². The average Bonchev–Trinajstić information content (AvgIpc) is 1.98. The van der Waals surface area contributed by atoms with Crippen molar-refractivity contribution in [2.24, 2.45) is 5.92 Å². The van der Waals surface area contributed by atoms with Gasteiger partial charge in [-0.15, -0.1) is 0 Å². The minimum Gasteiger partial charge on any atom is -0.322 e. The van der Waals surface area contributed by atoms with Crippen molar-refractivity contribution < 1.29 is 4.57 Å². The molecule has 1 fully saturated rings. The Morgan fingerprint density at radius 2 is 1.29 bits per heavy atom. The quantitative estimate of drug-likeness (QED) is 0.550. The predicted molar refractivity (Wildman–Crippen MR) is 64.7 cm³/mol. The highest BCUT2D eigenvalue weighted by Gasteiger charge is 2.71. The molecule has 0 aromatic carbocycles. The van der Waals surface area contributed by atoms with Gasteiger partial charge in [-0.1, -0.05) is 55.4 Å². The summed E-state index contributed by atoms with van der Waals surface area (Å²) in [6.45, 7) is 17.3. The first-order valence-corrected chi connectivity index (χ1v) is 7.21. The lowest BCUT2D eigenvalue weighted by Crippen LogP contribution is -2.61. The molecule has 0 unspecified atom stereocenters. The third kappa shape index (κ3) is 1.00. The van der Waals surface area contributed by atoms with Crippen LogP contribution in [-0.2, 0) is 4.57 Å². The molecule has 1 heterocycles. The zero-order valence-electron chi connectivity index (χ0n) is 10.9. The Balaban J connectivity index is 3.31. The van der Waals surface area contributed by atoms with Gasteiger partial charge < -0.3 is 4.57 Å². The Hall–Kier alpha value is 0.230. The molecular weight excluding hydrogens is 191 g/mol. The summed E-state index contributed by atoms with van der Waals surface area (Å²) in [6.07, 6.45) is 0. The lowest BCUT2D eigenvalue weighted by molar-refractivity contribution is 0.257. The Kier molecular flexibility index (Phi) is 2.34. The van der Waals surface area contributed by atoms with Crippen molar-refractivity contribution in [3.8, 4) is 0 Å². The molecule has 0 spiro atoms. The van der Waals surface area contributed by atoms with Gasteiger partial charge in [0.1, 0.15) is 7.14 Å². The van der Waals surface area contributed by atoms with Gasteiger partial charge >= 0.3 is 0 Å². The van der Waals surface area contributed by atoms with Crippen molar-refractivity contribution in [3.63, 3.8) is 0 Å². The predicted octanol–water partition coefficient (Wildman–Crippen LogP) is 4.35. The summed E-state index contributed by atoms with van der Waals surface area (Å²) in [5.41, 5.74) is 0. The number of rotatable bonds is 0. The summed E-state index contributed by atoms with van der Waals surface area (Å²) in [5, 5.41) is -0.0456. The summed E-state index contributed by atoms with van der Waals surface area (Å²) in [4.78, 5) is 0. The molecule has 2 heteroatoms. The van der Waals surface area contributed by atoms with Crippen molar-refractivity contribution >= 4 is 7.14 Å². The van der Waals surface area contributed by atoms with Crippen molar-refractivity contribution in [2.75, 3.05) is 0 Å². The highest BCUT2D eigenvalue weighted by atomic mass is 31.2. The van der Waals surface area contributed by atoms with Gasteiger partial charge in [0, 0.05) is 15.5 Å². The van der Waals surface area contributed by atoms with E-state index in [1.807, 2.05) is 0 Å². The van der Waals surface area contributed by atoms with Crippen LogP contribution in [0, 0.1) is 5.92 Å². The van der Waals surface area contributed by atoms with Crippen LogP contribution in [0.1, 0.15) is 55.4 Å². The molecule has 1 aliphatic rings. The molecule has 1 aliphatic heterocycles. The first-order chi connectivity index (χ1) is 5.90. The maximum Gasteiger partial charge on any atom is 0.104 e. The molecule has 0 N–H and O–H groups in total. The maximum absolute atomic E-state index is 13.2. The normalized spacial score (nSPS) is 40.4. The molecule has 0 amide bonds. The van der Waals surface area contributed by atoms with Crippen LogP contribution < -0.4 is 0 Å². The second kappa shape index (κ2) is 2.67. The highest BCUT2D eigenvalue weighted by Crippen LogP contribution is 2.86. The molecular formula is C12H25OP. The molecule has 0 aliphatic carbocycles. The van der Waals surface area contributed by atoms with Crippen LogP contribution >= 0.6 is 7.14 Å². The SMILES string of the molecule is CC1C(C)(C)P(=O)(C(C)(C)C)C1(C)C. The third-order valence-electron chi connectivity index (χ3n) is 4.69. The van der Waals surface area contributed by atoms with E-state index >= 15 is 0 Å². The van der Waals surface area contributed by atoms with E-state index in [1.54, 1.807) is 0 Å². The summed E-state index contributed by atoms with van der Waals surface area (Å²) in [6, 6.07) is 0. The van der Waals surface area contributed by atoms with Gasteiger partial charge in [0.2, 0.25) is 0 Å². The molecule has 0 radical (unpaired) electrons. The Labute approximate surface area is 89.0 Å². The van der Waals surface area contributed by atoms with Crippen LogP contribution in [0.4, 0.5) is 0 Å². The van der Waals surface area contributed by atoms with Gasteiger partial charge in [0.05, 0.1) is 0 Å². The molecule has 1 rings (SSSR count). The van der Waals surface area contributed by atoms with E-state index in [0.717, 1.165) is 0 Å². The van der Waals surface area contributed by atoms with E-state index in [4.69, 9.17) is 0 Å². The van der Waals surface area contributed by atoms with Crippen molar-refractivity contribution in [1.29, 1.82) is 0 Å². The van der Waals surface area contributed by atoms with E-state index in [0.29, 0.717) is 5.92 Å². The fourth-order valence-electron chi connectivity index (χ4n) is 3.82. The van der Waals surface area contributed by atoms with Crippen LogP contribution in [0.2, 0.25) is 0 Å². The fraction of sp³-hybridized carbons (Fsp3) is 1.00. The van der Waals surface area contributed by atoms with E-state index in [-0.39, 0.29) is 15.5 Å². The van der Waals surface area contributed by atoms with Crippen LogP contribution in [-0.4, -0.2) is 15.5 Å². The molecule has 0 bridgehead atoms. The van der Waals surface area contributed by atoms with E-state index in [1.165, 1.54) is 0 Å². The monoisotopic (exact) mass is 216 g/mol. The third-order valence-corrected chi connectivity index (χ3v) is 10.6. The van der Waals surface area contributed by atoms with Gasteiger partial charge in [-0.05, 0) is 5.92 Å². The standard InChI is InChI=1S/C12H25OP/c1-9-11(5,6)14(13,10(2,3)4)12(9,7)8/h9H,1-8H3. The van der Waals surface area contributed by atoms with Crippen molar-refractivity contribution in [2.45, 2.75) is 70.9 Å². The molecule has 84 valence electrons. The van der Waals surface area contributed by atoms with E-state index in [2.05, 4.69) is 55.4 Å². The second-order valence-corrected chi connectivity index (χ2v) is 11.7. The highest BCUT2D eigenvalue weighted by molar-refractivity contribution is 7.70. The minimum atomic E-state index is -2.14. The summed E-state index contributed by atoms with van der Waals surface area (Å²) >= 11 is 0. The lowest BCUT2D eigenvalue weighted by atomic mass is 9.83. The smallest absolute Gasteiger partial charge is 0.104 e. The van der Waals surface area contributed by atoms with Gasteiger partial charge in [0.25, 0.3) is 0 Å². The fourth-order valence-corrected chi connectivity index (χ4v) is 10.3. The van der Waals surface area contributed by atoms with Crippen LogP contribution in [0.15, 0.2) is 0 Å². The maximum atomic E-state index is 13.2. The summed E-state index contributed by atoms with van der Waals surface area (Å²) < 4.78 is 13.2.